The van der Waals surface area contributed by atoms with Crippen LogP contribution in [0.5, 0.6) is 0 Å². The number of aliphatic carboxylic acids is 1. The molecule has 0 spiro atoms. The summed E-state index contributed by atoms with van der Waals surface area (Å²) in [6.07, 6.45) is 7.09. The van der Waals surface area contributed by atoms with Crippen molar-refractivity contribution in [3.63, 3.8) is 0 Å². The van der Waals surface area contributed by atoms with Gasteiger partial charge in [-0.1, -0.05) is 19.1 Å². The molecule has 1 atom stereocenters. The van der Waals surface area contributed by atoms with E-state index in [2.05, 4.69) is 18.0 Å². The third kappa shape index (κ3) is 14.3. The van der Waals surface area contributed by atoms with Gasteiger partial charge in [0.1, 0.15) is 0 Å². The molecule has 0 fully saturated rings. The van der Waals surface area contributed by atoms with E-state index < -0.39 is 12.0 Å². The number of carboxylic acids is 1. The van der Waals surface area contributed by atoms with Crippen molar-refractivity contribution in [2.45, 2.75) is 52.0 Å². The summed E-state index contributed by atoms with van der Waals surface area (Å²) in [7, 11) is 0. The Balaban J connectivity index is 0. The maximum atomic E-state index is 11.3. The smallest absolute Gasteiger partial charge is 0.862 e. The fourth-order valence-corrected chi connectivity index (χ4v) is 1.26. The summed E-state index contributed by atoms with van der Waals surface area (Å²) in [6.45, 7) is 3.70. The van der Waals surface area contributed by atoms with Crippen molar-refractivity contribution < 1.29 is 66.4 Å². The van der Waals surface area contributed by atoms with Crippen LogP contribution in [0.15, 0.2) is 17.1 Å². The monoisotopic (exact) mass is 265 g/mol. The first kappa shape index (κ1) is 19.7. The van der Waals surface area contributed by atoms with E-state index in [0.717, 1.165) is 19.3 Å². The van der Waals surface area contributed by atoms with Crippen molar-refractivity contribution in [2.24, 2.45) is 4.99 Å². The zero-order valence-electron chi connectivity index (χ0n) is 11.0. The molecule has 0 heterocycles. The zero-order valence-corrected chi connectivity index (χ0v) is 14.1. The summed E-state index contributed by atoms with van der Waals surface area (Å²) < 4.78 is 0. The molecule has 0 radical (unpaired) electrons. The molecule has 0 aromatic rings. The third-order valence-corrected chi connectivity index (χ3v) is 2.00. The van der Waals surface area contributed by atoms with E-state index in [1.54, 1.807) is 6.92 Å². The molecule has 0 aromatic carbocycles. The van der Waals surface area contributed by atoms with E-state index in [1.807, 2.05) is 6.08 Å². The second-order valence-electron chi connectivity index (χ2n) is 3.74. The summed E-state index contributed by atoms with van der Waals surface area (Å²) in [6, 6.07) is -0.420. The van der Waals surface area contributed by atoms with E-state index in [1.165, 1.54) is 0 Å². The third-order valence-electron chi connectivity index (χ3n) is 2.00. The molecule has 0 amide bonds. The van der Waals surface area contributed by atoms with Gasteiger partial charge in [0, 0.05) is 0 Å². The fraction of sp³-hybridized carbons (Fsp3) is 0.667. The van der Waals surface area contributed by atoms with Crippen LogP contribution in [0, 0.1) is 0 Å². The molecule has 1 unspecified atom stereocenters. The van der Waals surface area contributed by atoms with Crippen LogP contribution in [0.1, 0.15) is 46.0 Å². The molecule has 0 aliphatic heterocycles. The van der Waals surface area contributed by atoms with Gasteiger partial charge >= 0.3 is 57.4 Å². The predicted octanol–water partition coefficient (Wildman–Crippen LogP) is -1.25. The number of nitrogens with zero attached hydrogens (tertiary/aromatic N) is 1. The van der Waals surface area contributed by atoms with Crippen molar-refractivity contribution in [2.75, 3.05) is 0 Å². The van der Waals surface area contributed by atoms with Gasteiger partial charge in [-0.15, -0.1) is 0 Å². The Morgan fingerprint density at radius 2 is 2.12 bits per heavy atom. The van der Waals surface area contributed by atoms with Gasteiger partial charge in [-0.2, -0.15) is 0 Å². The molecular weight excluding hydrogens is 245 g/mol. The van der Waals surface area contributed by atoms with E-state index in [9.17, 15) is 9.90 Å². The minimum Gasteiger partial charge on any atom is -0.862 e. The van der Waals surface area contributed by atoms with Gasteiger partial charge in [0.05, 0.1) is 12.5 Å². The van der Waals surface area contributed by atoms with Gasteiger partial charge in [0.15, 0.2) is 0 Å². The zero-order chi connectivity index (χ0) is 12.4. The Kier molecular flexibility index (Phi) is 14.8. The predicted molar refractivity (Wildman–Crippen MR) is 62.4 cm³/mol. The average molecular weight is 265 g/mol. The van der Waals surface area contributed by atoms with Crippen molar-refractivity contribution in [3.05, 3.63) is 12.2 Å². The Hall–Kier alpha value is 0.316. The van der Waals surface area contributed by atoms with Crippen LogP contribution in [0.25, 0.3) is 0 Å². The first-order valence-corrected chi connectivity index (χ1v) is 5.66. The number of unbranched alkanes of at least 4 members (excludes halogenated alkanes) is 1. The molecule has 4 nitrogen and oxygen atoms in total. The average Bonchev–Trinajstić information content (AvgIpc) is 2.15. The second-order valence-corrected chi connectivity index (χ2v) is 3.74. The maximum absolute atomic E-state index is 11.3. The minimum atomic E-state index is -0.921. The van der Waals surface area contributed by atoms with Crippen LogP contribution in [0.4, 0.5) is 0 Å². The van der Waals surface area contributed by atoms with Crippen LogP contribution in [0.3, 0.4) is 0 Å². The van der Waals surface area contributed by atoms with Crippen LogP contribution in [-0.4, -0.2) is 23.0 Å². The Labute approximate surface area is 146 Å². The topological polar surface area (TPSA) is 72.7 Å². The van der Waals surface area contributed by atoms with Gasteiger partial charge in [-0.05, 0) is 38.5 Å². The molecular formula is C12H20KNO3. The number of rotatable bonds is 8. The first-order chi connectivity index (χ1) is 7.56. The van der Waals surface area contributed by atoms with Crippen molar-refractivity contribution in [3.8, 4) is 0 Å². The van der Waals surface area contributed by atoms with Gasteiger partial charge in [0.2, 0.25) is 0 Å². The van der Waals surface area contributed by atoms with Crippen molar-refractivity contribution in [1.29, 1.82) is 0 Å². The Morgan fingerprint density at radius 3 is 2.65 bits per heavy atom. The van der Waals surface area contributed by atoms with Crippen LogP contribution < -0.4 is 56.5 Å². The van der Waals surface area contributed by atoms with Gasteiger partial charge in [-0.3, -0.25) is 4.79 Å². The SMILES string of the molecule is CC/C=C/CCCC([O-])=NC(C)CC(=O)O.[K+]. The molecule has 92 valence electrons. The maximum Gasteiger partial charge on any atom is 1.00 e. The molecule has 0 bridgehead atoms. The number of carbonyl (C=O) groups is 1. The summed E-state index contributed by atoms with van der Waals surface area (Å²) in [4.78, 5) is 14.1. The molecule has 0 aliphatic rings. The van der Waals surface area contributed by atoms with Crippen molar-refractivity contribution >= 4 is 11.9 Å². The number of carboxylic acid groups (broad SMARTS) is 1. The number of allylic oxidation sites excluding steroid dienone is 2. The molecule has 0 saturated carbocycles. The van der Waals surface area contributed by atoms with E-state index >= 15 is 0 Å². The van der Waals surface area contributed by atoms with E-state index in [4.69, 9.17) is 5.11 Å². The Bertz CT molecular complexity index is 264. The summed E-state index contributed by atoms with van der Waals surface area (Å²) in [5, 5.41) is 19.8. The van der Waals surface area contributed by atoms with Crippen LogP contribution >= 0.6 is 0 Å². The van der Waals surface area contributed by atoms with Crippen LogP contribution in [-0.2, 0) is 4.79 Å². The number of hydrogen-bond donors (Lipinski definition) is 1. The largest absolute Gasteiger partial charge is 1.00 e. The number of aliphatic imine (C=N–C) groups is 1. The normalized spacial score (nSPS) is 13.4. The van der Waals surface area contributed by atoms with Gasteiger partial charge < -0.3 is 15.2 Å². The molecule has 0 aliphatic carbocycles. The summed E-state index contributed by atoms with van der Waals surface area (Å²) >= 11 is 0. The van der Waals surface area contributed by atoms with Gasteiger partial charge in [-0.25, -0.2) is 0 Å². The van der Waals surface area contributed by atoms with Gasteiger partial charge in [0.25, 0.3) is 0 Å². The number of hydrogen-bond acceptors (Lipinski definition) is 3. The fourth-order valence-electron chi connectivity index (χ4n) is 1.26. The standard InChI is InChI=1S/C12H21NO3.K/c1-3-4-5-6-7-8-11(14)13-10(2)9-12(15)16;/h4-5,10H,3,6-9H2,1-2H3,(H,13,14)(H,15,16);/q;+1/p-1/b5-4+;. The van der Waals surface area contributed by atoms with Crippen LogP contribution in [0.2, 0.25) is 0 Å². The summed E-state index contributed by atoms with van der Waals surface area (Å²) in [5.74, 6) is -1.12. The van der Waals surface area contributed by atoms with E-state index in [0.29, 0.717) is 6.42 Å². The quantitative estimate of drug-likeness (QED) is 0.196. The van der Waals surface area contributed by atoms with Crippen molar-refractivity contribution in [1.82, 2.24) is 0 Å². The minimum absolute atomic E-state index is 0. The molecule has 17 heavy (non-hydrogen) atoms. The summed E-state index contributed by atoms with van der Waals surface area (Å²) in [5.41, 5.74) is 0. The molecule has 1 N–H and O–H groups in total. The van der Waals surface area contributed by atoms with E-state index in [-0.39, 0.29) is 63.7 Å². The molecule has 5 heteroatoms. The molecule has 0 aromatic heterocycles. The second kappa shape index (κ2) is 12.8. The Morgan fingerprint density at radius 1 is 1.47 bits per heavy atom. The molecule has 0 saturated heterocycles. The molecule has 0 rings (SSSR count). The first-order valence-electron chi connectivity index (χ1n) is 5.66.